The molecule has 0 radical (unpaired) electrons. The standard InChI is InChI=1S/C60H84N6S/c1-59(2,3)39-25-27-50-44(32-39)45-33-40(60(4,5)6)26-28-51(45)66(50)53-34-52(65-48-21-13-10-18-41(48)42-19-11-14-22-49(42)65)38(35-61)31-47(53)58-63-56(36-16-8-7-9-17-36)62-57(64-58)37-24-29-55-46(30-37)43-20-12-15-23-54(43)67-55/h7-8,12-13,15,21,25,27,29,36-37,39-40,43-47,50-51,53-54,56-58,62-64H,9-11,14,16-20,22-24,26,28,30-34H2,1-6H3. The third-order valence-electron chi connectivity index (χ3n) is 20.4. The molecule has 3 N–H and O–H groups in total. The number of hydrogen-bond acceptors (Lipinski definition) is 6. The molecule has 6 nitrogen and oxygen atoms in total. The van der Waals surface area contributed by atoms with Crippen LogP contribution in [0.1, 0.15) is 167 Å². The topological polar surface area (TPSA) is 68.0 Å². The molecule has 0 aromatic carbocycles. The number of thioether (sulfide) groups is 1. The Morgan fingerprint density at radius 1 is 0.672 bits per heavy atom. The molecule has 3 aliphatic heterocycles. The van der Waals surface area contributed by atoms with Gasteiger partial charge in [-0.3, -0.25) is 20.9 Å². The van der Waals surface area contributed by atoms with Gasteiger partial charge in [0.1, 0.15) is 0 Å². The average Bonchev–Trinajstić information content (AvgIpc) is 4.00. The molecule has 1 saturated carbocycles. The smallest absolute Gasteiger partial charge is 0.0965 e. The number of rotatable bonds is 5. The van der Waals surface area contributed by atoms with Gasteiger partial charge in [-0.1, -0.05) is 90.2 Å². The number of nitrogens with zero attached hydrogens (tertiary/aromatic N) is 3. The van der Waals surface area contributed by atoms with Crippen molar-refractivity contribution in [1.82, 2.24) is 25.4 Å². The number of aromatic nitrogens is 1. The van der Waals surface area contributed by atoms with Crippen molar-refractivity contribution in [3.63, 3.8) is 0 Å². The molecule has 3 saturated heterocycles. The van der Waals surface area contributed by atoms with E-state index in [2.05, 4.69) is 139 Å². The highest BCUT2D eigenvalue weighted by molar-refractivity contribution is 8.04. The first kappa shape index (κ1) is 45.5. The van der Waals surface area contributed by atoms with E-state index in [0.29, 0.717) is 59.0 Å². The minimum absolute atomic E-state index is 0.122. The molecule has 11 aliphatic rings. The van der Waals surface area contributed by atoms with Gasteiger partial charge < -0.3 is 4.57 Å². The molecular weight excluding hydrogens is 837 g/mol. The summed E-state index contributed by atoms with van der Waals surface area (Å²) in [7, 11) is 0. The van der Waals surface area contributed by atoms with Crippen molar-refractivity contribution in [3.05, 3.63) is 81.6 Å². The van der Waals surface area contributed by atoms with E-state index in [1.54, 1.807) is 21.7 Å². The SMILES string of the molecule is CC(C)(C)C1C=CC2C(C1)C1CC(C(C)(C)C)CCC1N2C1CC(n2c3c(c4c2CCCC4)CCC=C3)=C(C#N)CC1C1NC(C2CC=CCC2)NC(C2CC=C3SC4CC=CCC4C3C2)N1. The normalized spacial score (nSPS) is 41.7. The molecule has 7 heteroatoms. The van der Waals surface area contributed by atoms with Crippen molar-refractivity contribution >= 4 is 23.5 Å². The van der Waals surface area contributed by atoms with Crippen LogP contribution >= 0.6 is 11.8 Å². The summed E-state index contributed by atoms with van der Waals surface area (Å²) in [5.74, 6) is 5.67. The molecule has 67 heavy (non-hydrogen) atoms. The number of nitrogens with one attached hydrogen (secondary N) is 3. The van der Waals surface area contributed by atoms with Gasteiger partial charge in [0.05, 0.1) is 24.6 Å². The molecule has 1 aromatic heterocycles. The first-order valence-corrected chi connectivity index (χ1v) is 28.8. The first-order valence-electron chi connectivity index (χ1n) is 27.9. The van der Waals surface area contributed by atoms with Crippen molar-refractivity contribution in [3.8, 4) is 6.07 Å². The summed E-state index contributed by atoms with van der Waals surface area (Å²) in [6.45, 7) is 15.0. The zero-order chi connectivity index (χ0) is 45.8. The van der Waals surface area contributed by atoms with E-state index in [9.17, 15) is 5.26 Å². The highest BCUT2D eigenvalue weighted by Crippen LogP contribution is 2.58. The van der Waals surface area contributed by atoms with Gasteiger partial charge in [-0.25, -0.2) is 0 Å². The maximum absolute atomic E-state index is 11.6. The molecule has 0 spiro atoms. The molecular formula is C60H84N6S. The van der Waals surface area contributed by atoms with Crippen LogP contribution in [0.2, 0.25) is 0 Å². The maximum atomic E-state index is 11.6. The predicted molar refractivity (Wildman–Crippen MR) is 278 cm³/mol. The Kier molecular flexibility index (Phi) is 12.2. The van der Waals surface area contributed by atoms with Crippen LogP contribution in [-0.2, 0) is 19.3 Å². The number of allylic oxidation sites excluding steroid dienone is 9. The number of likely N-dealkylation sites (tertiary alicyclic amines) is 1. The number of nitriles is 1. The summed E-state index contributed by atoms with van der Waals surface area (Å²) in [4.78, 5) is 4.90. The van der Waals surface area contributed by atoms with Gasteiger partial charge in [0.2, 0.25) is 0 Å². The molecule has 8 aliphatic carbocycles. The molecule has 4 heterocycles. The van der Waals surface area contributed by atoms with E-state index in [-0.39, 0.29) is 29.8 Å². The van der Waals surface area contributed by atoms with Crippen LogP contribution in [0.25, 0.3) is 11.8 Å². The van der Waals surface area contributed by atoms with Gasteiger partial charge in [-0.05, 0) is 196 Å². The van der Waals surface area contributed by atoms with Gasteiger partial charge in [0.25, 0.3) is 0 Å². The Bertz CT molecular complexity index is 2290. The predicted octanol–water partition coefficient (Wildman–Crippen LogP) is 12.7. The lowest BCUT2D eigenvalue weighted by Gasteiger charge is -2.53. The molecule has 12 rings (SSSR count). The van der Waals surface area contributed by atoms with Crippen molar-refractivity contribution in [2.24, 2.45) is 64.1 Å². The van der Waals surface area contributed by atoms with Crippen molar-refractivity contribution in [2.75, 3.05) is 0 Å². The van der Waals surface area contributed by atoms with E-state index in [0.717, 1.165) is 67.6 Å². The van der Waals surface area contributed by atoms with Crippen LogP contribution in [-0.4, -0.2) is 51.3 Å². The lowest BCUT2D eigenvalue weighted by Crippen LogP contribution is -2.74. The van der Waals surface area contributed by atoms with Gasteiger partial charge in [-0.2, -0.15) is 5.26 Å². The Morgan fingerprint density at radius 3 is 2.28 bits per heavy atom. The van der Waals surface area contributed by atoms with E-state index in [1.165, 1.54) is 88.4 Å². The minimum atomic E-state index is 0.122. The van der Waals surface area contributed by atoms with Crippen molar-refractivity contribution in [2.45, 2.75) is 205 Å². The van der Waals surface area contributed by atoms with Crippen LogP contribution in [0.15, 0.2) is 59.1 Å². The van der Waals surface area contributed by atoms with Gasteiger partial charge in [0.15, 0.2) is 0 Å². The van der Waals surface area contributed by atoms with Crippen LogP contribution in [0, 0.1) is 75.4 Å². The highest BCUT2D eigenvalue weighted by atomic mass is 32.2. The third kappa shape index (κ3) is 8.14. The lowest BCUT2D eigenvalue weighted by atomic mass is 9.62. The number of fused-ring (bicyclic) bond motifs is 9. The fourth-order valence-electron chi connectivity index (χ4n) is 16.8. The average molecular weight is 921 g/mol. The molecule has 1 aromatic rings. The van der Waals surface area contributed by atoms with Crippen LogP contribution in [0.5, 0.6) is 0 Å². The summed E-state index contributed by atoms with van der Waals surface area (Å²) >= 11 is 2.22. The molecule has 4 fully saturated rings. The first-order chi connectivity index (χ1) is 32.4. The summed E-state index contributed by atoms with van der Waals surface area (Å²) < 4.78 is 2.72. The van der Waals surface area contributed by atoms with E-state index >= 15 is 0 Å². The van der Waals surface area contributed by atoms with Crippen LogP contribution in [0.3, 0.4) is 0 Å². The van der Waals surface area contributed by atoms with Crippen molar-refractivity contribution in [1.29, 1.82) is 5.26 Å². The second-order valence-corrected chi connectivity index (χ2v) is 27.2. The van der Waals surface area contributed by atoms with E-state index in [1.807, 2.05) is 0 Å². The summed E-state index contributed by atoms with van der Waals surface area (Å²) in [6.07, 6.45) is 46.2. The maximum Gasteiger partial charge on any atom is 0.0965 e. The summed E-state index contributed by atoms with van der Waals surface area (Å²) in [5, 5.41) is 25.6. The Balaban J connectivity index is 0.963. The second-order valence-electron chi connectivity index (χ2n) is 25.9. The monoisotopic (exact) mass is 921 g/mol. The fraction of sp³-hybridized carbons (Fsp3) is 0.717. The molecule has 0 bridgehead atoms. The van der Waals surface area contributed by atoms with Gasteiger partial charge >= 0.3 is 0 Å². The molecule has 0 amide bonds. The van der Waals surface area contributed by atoms with Crippen LogP contribution < -0.4 is 16.0 Å². The lowest BCUT2D eigenvalue weighted by molar-refractivity contribution is 0.00985. The third-order valence-corrected chi connectivity index (χ3v) is 22.0. The van der Waals surface area contributed by atoms with Crippen LogP contribution in [0.4, 0.5) is 0 Å². The Morgan fingerprint density at radius 2 is 1.48 bits per heavy atom. The fourth-order valence-corrected chi connectivity index (χ4v) is 18.4. The van der Waals surface area contributed by atoms with E-state index < -0.39 is 0 Å². The summed E-state index contributed by atoms with van der Waals surface area (Å²) in [6, 6.07) is 4.36. The summed E-state index contributed by atoms with van der Waals surface area (Å²) in [5.41, 5.74) is 9.19. The van der Waals surface area contributed by atoms with Gasteiger partial charge in [0, 0.05) is 58.4 Å². The Labute approximate surface area is 409 Å². The number of hydrogen-bond donors (Lipinski definition) is 3. The largest absolute Gasteiger partial charge is 0.316 e. The zero-order valence-electron chi connectivity index (χ0n) is 42.1. The van der Waals surface area contributed by atoms with E-state index in [4.69, 9.17) is 0 Å². The quantitative estimate of drug-likeness (QED) is 0.256. The molecule has 16 unspecified atom stereocenters. The molecule has 360 valence electrons. The van der Waals surface area contributed by atoms with Gasteiger partial charge in [-0.15, -0.1) is 11.8 Å². The molecule has 16 atom stereocenters. The minimum Gasteiger partial charge on any atom is -0.316 e. The van der Waals surface area contributed by atoms with Crippen molar-refractivity contribution < 1.29 is 0 Å². The second kappa shape index (κ2) is 17.9. The Hall–Kier alpha value is -2.60. The highest BCUT2D eigenvalue weighted by Gasteiger charge is 2.58. The zero-order valence-corrected chi connectivity index (χ0v) is 42.9.